The van der Waals surface area contributed by atoms with E-state index in [9.17, 15) is 19.1 Å². The van der Waals surface area contributed by atoms with E-state index in [-0.39, 0.29) is 18.1 Å². The summed E-state index contributed by atoms with van der Waals surface area (Å²) in [6, 6.07) is 2.71. The number of halogens is 2. The second-order valence-corrected chi connectivity index (χ2v) is 7.89. The molecule has 0 unspecified atom stereocenters. The molecule has 2 aromatic rings. The first-order chi connectivity index (χ1) is 13.7. The fourth-order valence-electron chi connectivity index (χ4n) is 4.16. The molecular weight excluding hydrogens is 393 g/mol. The van der Waals surface area contributed by atoms with Crippen LogP contribution in [0.3, 0.4) is 0 Å². The number of hydrogen-bond donors (Lipinski definition) is 1. The molecule has 0 bridgehead atoms. The highest BCUT2D eigenvalue weighted by Crippen LogP contribution is 2.43. The first kappa shape index (κ1) is 21.1. The molecule has 4 nitrogen and oxygen atoms in total. The maximum absolute atomic E-state index is 14.3. The van der Waals surface area contributed by atoms with Gasteiger partial charge in [-0.3, -0.25) is 9.59 Å². The first-order valence-corrected chi connectivity index (χ1v) is 9.83. The van der Waals surface area contributed by atoms with Crippen molar-refractivity contribution in [2.45, 2.75) is 45.6 Å². The van der Waals surface area contributed by atoms with Crippen LogP contribution in [0.25, 0.3) is 10.9 Å². The monoisotopic (exact) mass is 415 g/mol. The van der Waals surface area contributed by atoms with E-state index in [0.29, 0.717) is 40.9 Å². The molecule has 0 saturated carbocycles. The molecule has 1 aliphatic rings. The highest BCUT2D eigenvalue weighted by molar-refractivity contribution is 6.31. The van der Waals surface area contributed by atoms with Crippen molar-refractivity contribution >= 4 is 34.3 Å². The number of Topliss-reactive ketones (excluding diaryl/α,β-unsaturated/α-hetero) is 1. The average Bonchev–Trinajstić information content (AvgIpc) is 3.18. The van der Waals surface area contributed by atoms with Gasteiger partial charge < -0.3 is 9.67 Å². The zero-order valence-electron chi connectivity index (χ0n) is 16.5. The Labute approximate surface area is 174 Å². The molecule has 0 saturated heterocycles. The van der Waals surface area contributed by atoms with E-state index in [0.717, 1.165) is 16.8 Å². The molecule has 1 atom stereocenters. The Morgan fingerprint density at radius 1 is 1.34 bits per heavy atom. The number of carboxylic acids is 1. The first-order valence-electron chi connectivity index (χ1n) is 9.45. The molecule has 0 amide bonds. The van der Waals surface area contributed by atoms with Gasteiger partial charge in [-0.2, -0.15) is 0 Å². The normalized spacial score (nSPS) is 16.9. The predicted molar refractivity (Wildman–Crippen MR) is 113 cm³/mol. The lowest BCUT2D eigenvalue weighted by atomic mass is 10.0. The number of allylic oxidation sites excluding steroid dienone is 5. The number of aryl methyl sites for hydroxylation is 1. The smallest absolute Gasteiger partial charge is 0.304 e. The summed E-state index contributed by atoms with van der Waals surface area (Å²) in [5.74, 6) is -1.72. The second kappa shape index (κ2) is 8.37. The zero-order chi connectivity index (χ0) is 21.3. The molecule has 1 aromatic carbocycles. The Morgan fingerprint density at radius 2 is 2.07 bits per heavy atom. The molecule has 3 rings (SSSR count). The van der Waals surface area contributed by atoms with Crippen LogP contribution in [0.2, 0.25) is 0 Å². The van der Waals surface area contributed by atoms with E-state index in [1.165, 1.54) is 25.1 Å². The fraction of sp³-hybridized carbons (Fsp3) is 0.304. The summed E-state index contributed by atoms with van der Waals surface area (Å²) >= 11 is 5.98. The lowest BCUT2D eigenvalue weighted by molar-refractivity contribution is -0.137. The van der Waals surface area contributed by atoms with E-state index in [2.05, 4.69) is 6.58 Å². The standard InChI is InChI=1S/C23H23ClFNO3/c1-4-16(24)7-5-13(2)12-26-22-15(9-21(28)29)6-8-18(22)20-11-17(25)10-19(14(3)27)23(20)26/h4-5,7,10-11,15H,1,6,8-9,12H2,2-3H3,(H,28,29)/b13-5+,16-7+/t15-/m1/s1. The Hall–Kier alpha value is -2.66. The molecule has 152 valence electrons. The lowest BCUT2D eigenvalue weighted by Crippen LogP contribution is -2.12. The van der Waals surface area contributed by atoms with Crippen molar-refractivity contribution in [1.29, 1.82) is 0 Å². The molecule has 6 heteroatoms. The number of carboxylic acid groups (broad SMARTS) is 1. The Kier molecular flexibility index (Phi) is 6.08. The second-order valence-electron chi connectivity index (χ2n) is 7.46. The average molecular weight is 416 g/mol. The topological polar surface area (TPSA) is 59.3 Å². The summed E-state index contributed by atoms with van der Waals surface area (Å²) in [5.41, 5.74) is 3.79. The minimum Gasteiger partial charge on any atom is -0.481 e. The Balaban J connectivity index is 2.24. The van der Waals surface area contributed by atoms with Crippen molar-refractivity contribution < 1.29 is 19.1 Å². The fourth-order valence-corrected chi connectivity index (χ4v) is 4.22. The number of carbonyl (C=O) groups is 2. The van der Waals surface area contributed by atoms with Crippen LogP contribution in [-0.4, -0.2) is 21.4 Å². The van der Waals surface area contributed by atoms with Gasteiger partial charge in [0.05, 0.1) is 11.9 Å². The number of aliphatic carboxylic acids is 1. The summed E-state index contributed by atoms with van der Waals surface area (Å²) in [7, 11) is 0. The van der Waals surface area contributed by atoms with Crippen LogP contribution in [-0.2, 0) is 17.8 Å². The minimum absolute atomic E-state index is 0.00612. The number of nitrogens with zero attached hydrogens (tertiary/aromatic N) is 1. The van der Waals surface area contributed by atoms with Crippen LogP contribution in [0.4, 0.5) is 4.39 Å². The number of ketones is 1. The van der Waals surface area contributed by atoms with Crippen LogP contribution in [0.15, 0.2) is 47.5 Å². The Morgan fingerprint density at radius 3 is 2.69 bits per heavy atom. The molecule has 0 fully saturated rings. The molecule has 1 N–H and O–H groups in total. The van der Waals surface area contributed by atoms with Gasteiger partial charge in [0.15, 0.2) is 5.78 Å². The van der Waals surface area contributed by atoms with Gasteiger partial charge >= 0.3 is 5.97 Å². The van der Waals surface area contributed by atoms with Crippen molar-refractivity contribution in [1.82, 2.24) is 4.57 Å². The van der Waals surface area contributed by atoms with E-state index >= 15 is 0 Å². The van der Waals surface area contributed by atoms with Crippen LogP contribution >= 0.6 is 11.6 Å². The summed E-state index contributed by atoms with van der Waals surface area (Å²) in [6.45, 7) is 7.41. The summed E-state index contributed by atoms with van der Waals surface area (Å²) in [4.78, 5) is 23.6. The lowest BCUT2D eigenvalue weighted by Gasteiger charge is -2.17. The van der Waals surface area contributed by atoms with Gasteiger partial charge in [-0.15, -0.1) is 0 Å². The summed E-state index contributed by atoms with van der Waals surface area (Å²) in [6.07, 6.45) is 6.50. The highest BCUT2D eigenvalue weighted by Gasteiger charge is 2.32. The van der Waals surface area contributed by atoms with Crippen molar-refractivity contribution in [3.63, 3.8) is 0 Å². The van der Waals surface area contributed by atoms with Gasteiger partial charge in [-0.1, -0.05) is 35.9 Å². The van der Waals surface area contributed by atoms with Crippen LogP contribution in [0, 0.1) is 5.82 Å². The van der Waals surface area contributed by atoms with Gasteiger partial charge in [0, 0.05) is 34.1 Å². The zero-order valence-corrected chi connectivity index (χ0v) is 17.2. The third-order valence-corrected chi connectivity index (χ3v) is 5.61. The van der Waals surface area contributed by atoms with E-state index in [1.807, 2.05) is 17.6 Å². The highest BCUT2D eigenvalue weighted by atomic mass is 35.5. The van der Waals surface area contributed by atoms with Gasteiger partial charge in [0.2, 0.25) is 0 Å². The van der Waals surface area contributed by atoms with Gasteiger partial charge in [-0.05, 0) is 50.5 Å². The number of rotatable bonds is 7. The molecule has 0 radical (unpaired) electrons. The number of fused-ring (bicyclic) bond motifs is 3. The maximum Gasteiger partial charge on any atom is 0.304 e. The number of benzene rings is 1. The third kappa shape index (κ3) is 4.20. The van der Waals surface area contributed by atoms with Gasteiger partial charge in [0.1, 0.15) is 5.82 Å². The van der Waals surface area contributed by atoms with E-state index in [4.69, 9.17) is 11.6 Å². The molecule has 0 aliphatic heterocycles. The quantitative estimate of drug-likeness (QED) is 0.463. The van der Waals surface area contributed by atoms with Crippen molar-refractivity contribution in [3.05, 3.63) is 70.2 Å². The molecule has 0 spiro atoms. The largest absolute Gasteiger partial charge is 0.481 e. The molecule has 29 heavy (non-hydrogen) atoms. The van der Waals surface area contributed by atoms with Gasteiger partial charge in [-0.25, -0.2) is 4.39 Å². The molecular formula is C23H23ClFNO3. The van der Waals surface area contributed by atoms with Gasteiger partial charge in [0.25, 0.3) is 0 Å². The van der Waals surface area contributed by atoms with E-state index < -0.39 is 11.8 Å². The Bertz CT molecular complexity index is 1080. The number of hydrogen-bond acceptors (Lipinski definition) is 2. The van der Waals surface area contributed by atoms with E-state index in [1.54, 1.807) is 6.08 Å². The summed E-state index contributed by atoms with van der Waals surface area (Å²) in [5, 5.41) is 10.5. The number of aromatic nitrogens is 1. The minimum atomic E-state index is -0.870. The van der Waals surface area contributed by atoms with Crippen LogP contribution < -0.4 is 0 Å². The maximum atomic E-state index is 14.3. The summed E-state index contributed by atoms with van der Waals surface area (Å²) < 4.78 is 16.2. The molecule has 1 aromatic heterocycles. The predicted octanol–water partition coefficient (Wildman–Crippen LogP) is 5.74. The van der Waals surface area contributed by atoms with Crippen molar-refractivity contribution in [2.24, 2.45) is 0 Å². The van der Waals surface area contributed by atoms with Crippen molar-refractivity contribution in [3.8, 4) is 0 Å². The SMILES string of the molecule is C=C/C(Cl)=C\C=C(/C)Cn1c2c(c3cc(F)cc(C(C)=O)c31)CC[C@@H]2CC(=O)O. The van der Waals surface area contributed by atoms with Crippen LogP contribution in [0.1, 0.15) is 54.2 Å². The molecule has 1 aliphatic carbocycles. The third-order valence-electron chi connectivity index (χ3n) is 5.33. The van der Waals surface area contributed by atoms with Crippen molar-refractivity contribution in [2.75, 3.05) is 0 Å². The number of carbonyl (C=O) groups excluding carboxylic acids is 1. The molecule has 1 heterocycles. The van der Waals surface area contributed by atoms with Crippen LogP contribution in [0.5, 0.6) is 0 Å².